The summed E-state index contributed by atoms with van der Waals surface area (Å²) < 4.78 is 17.8. The third-order valence-corrected chi connectivity index (χ3v) is 5.59. The Bertz CT molecular complexity index is 823. The Kier molecular flexibility index (Phi) is 3.28. The zero-order chi connectivity index (χ0) is 18.2. The quantitative estimate of drug-likeness (QED) is 0.623. The molecule has 1 saturated carbocycles. The van der Waals surface area contributed by atoms with Gasteiger partial charge in [-0.2, -0.15) is 0 Å². The number of methoxy groups -OCH3 is 2. The summed E-state index contributed by atoms with van der Waals surface area (Å²) in [6.45, 7) is 10.3. The third-order valence-electron chi connectivity index (χ3n) is 5.59. The van der Waals surface area contributed by atoms with Crippen molar-refractivity contribution in [2.75, 3.05) is 14.2 Å². The lowest BCUT2D eigenvalue weighted by molar-refractivity contribution is -0.218. The molecule has 0 spiro atoms. The topological polar surface area (TPSA) is 44.8 Å². The molecule has 25 heavy (non-hydrogen) atoms. The molecule has 4 rings (SSSR count). The molecular weight excluding hydrogens is 316 g/mol. The van der Waals surface area contributed by atoms with Crippen molar-refractivity contribution >= 4 is 11.4 Å². The van der Waals surface area contributed by atoms with Crippen LogP contribution in [0.25, 0.3) is 5.57 Å². The molecule has 2 unspecified atom stereocenters. The fraction of sp³-hybridized carbons (Fsp3) is 0.476. The van der Waals surface area contributed by atoms with Crippen LogP contribution >= 0.6 is 0 Å². The van der Waals surface area contributed by atoms with Gasteiger partial charge in [0.15, 0.2) is 0 Å². The highest BCUT2D eigenvalue weighted by Crippen LogP contribution is 2.68. The van der Waals surface area contributed by atoms with Crippen LogP contribution in [0.2, 0.25) is 0 Å². The molecule has 2 atom stereocenters. The summed E-state index contributed by atoms with van der Waals surface area (Å²) in [5, 5.41) is 0. The van der Waals surface area contributed by atoms with Crippen molar-refractivity contribution in [2.24, 2.45) is 0 Å². The van der Waals surface area contributed by atoms with Crippen LogP contribution < -0.4 is 0 Å². The van der Waals surface area contributed by atoms with Gasteiger partial charge >= 0.3 is 0 Å². The van der Waals surface area contributed by atoms with Crippen LogP contribution in [0.5, 0.6) is 0 Å². The van der Waals surface area contributed by atoms with E-state index in [1.807, 2.05) is 39.0 Å². The molecular formula is C21H24O4. The fourth-order valence-electron chi connectivity index (χ4n) is 4.70. The standard InChI is InChI=1S/C21H24O4/c1-12-11-15-13-9-7-8-10-14(13)16-17(20(12,15)25-19(2,3)4)21(23-5,24-6)18(16)22/h7-10,15H,1,11H2,2-6H3. The first-order valence-electron chi connectivity index (χ1n) is 8.61. The summed E-state index contributed by atoms with van der Waals surface area (Å²) in [6, 6.07) is 8.06. The summed E-state index contributed by atoms with van der Waals surface area (Å²) in [6.07, 6.45) is 0.835. The van der Waals surface area contributed by atoms with Gasteiger partial charge < -0.3 is 14.2 Å². The van der Waals surface area contributed by atoms with E-state index in [1.54, 1.807) is 0 Å². The number of fused-ring (bicyclic) bond motifs is 5. The number of carbonyl (C=O) groups is 1. The lowest BCUT2D eigenvalue weighted by atomic mass is 9.49. The summed E-state index contributed by atoms with van der Waals surface area (Å²) in [7, 11) is 3.01. The van der Waals surface area contributed by atoms with Gasteiger partial charge in [0, 0.05) is 31.3 Å². The minimum atomic E-state index is -1.38. The molecule has 1 fully saturated rings. The fourth-order valence-corrected chi connectivity index (χ4v) is 4.70. The molecule has 1 aromatic carbocycles. The lowest BCUT2D eigenvalue weighted by Crippen LogP contribution is -2.68. The Labute approximate surface area is 148 Å². The maximum atomic E-state index is 13.0. The highest BCUT2D eigenvalue weighted by atomic mass is 16.7. The van der Waals surface area contributed by atoms with E-state index >= 15 is 0 Å². The van der Waals surface area contributed by atoms with Crippen molar-refractivity contribution in [3.05, 3.63) is 53.1 Å². The Hall–Kier alpha value is -1.75. The first kappa shape index (κ1) is 16.7. The zero-order valence-electron chi connectivity index (χ0n) is 15.4. The van der Waals surface area contributed by atoms with Gasteiger partial charge in [-0.05, 0) is 43.9 Å². The van der Waals surface area contributed by atoms with E-state index < -0.39 is 17.0 Å². The molecule has 0 N–H and O–H groups in total. The first-order chi connectivity index (χ1) is 11.7. The molecule has 3 aliphatic rings. The predicted molar refractivity (Wildman–Crippen MR) is 95.2 cm³/mol. The van der Waals surface area contributed by atoms with E-state index in [2.05, 4.69) is 12.6 Å². The number of hydrogen-bond donors (Lipinski definition) is 0. The summed E-state index contributed by atoms with van der Waals surface area (Å²) in [5.74, 6) is -1.41. The minimum Gasteiger partial charge on any atom is -0.360 e. The molecule has 3 aliphatic carbocycles. The maximum Gasteiger partial charge on any atom is 0.260 e. The van der Waals surface area contributed by atoms with Crippen molar-refractivity contribution in [3.63, 3.8) is 0 Å². The third kappa shape index (κ3) is 1.80. The number of ketones is 1. The molecule has 4 nitrogen and oxygen atoms in total. The van der Waals surface area contributed by atoms with Gasteiger partial charge in [-0.25, -0.2) is 0 Å². The number of benzene rings is 1. The van der Waals surface area contributed by atoms with Crippen LogP contribution in [-0.4, -0.2) is 37.0 Å². The number of ether oxygens (including phenoxy) is 3. The van der Waals surface area contributed by atoms with E-state index in [0.29, 0.717) is 5.57 Å². The zero-order valence-corrected chi connectivity index (χ0v) is 15.4. The van der Waals surface area contributed by atoms with Crippen LogP contribution in [-0.2, 0) is 19.0 Å². The number of rotatable bonds is 3. The Morgan fingerprint density at radius 3 is 2.36 bits per heavy atom. The second kappa shape index (κ2) is 4.91. The van der Waals surface area contributed by atoms with Crippen LogP contribution in [0.4, 0.5) is 0 Å². The molecule has 0 amide bonds. The number of carbonyl (C=O) groups excluding carboxylic acids is 1. The molecule has 0 aromatic heterocycles. The van der Waals surface area contributed by atoms with E-state index in [4.69, 9.17) is 14.2 Å². The van der Waals surface area contributed by atoms with Crippen LogP contribution in [0.1, 0.15) is 44.2 Å². The van der Waals surface area contributed by atoms with Crippen LogP contribution in [0, 0.1) is 0 Å². The highest BCUT2D eigenvalue weighted by Gasteiger charge is 2.72. The second-order valence-electron chi connectivity index (χ2n) is 8.00. The Morgan fingerprint density at radius 1 is 1.16 bits per heavy atom. The monoisotopic (exact) mass is 340 g/mol. The van der Waals surface area contributed by atoms with E-state index in [1.165, 1.54) is 14.2 Å². The van der Waals surface area contributed by atoms with Gasteiger partial charge in [-0.1, -0.05) is 30.8 Å². The average Bonchev–Trinajstić information content (AvgIpc) is 2.56. The van der Waals surface area contributed by atoms with Crippen molar-refractivity contribution in [1.82, 2.24) is 0 Å². The second-order valence-corrected chi connectivity index (χ2v) is 8.00. The average molecular weight is 340 g/mol. The van der Waals surface area contributed by atoms with Crippen LogP contribution in [0.15, 0.2) is 42.0 Å². The van der Waals surface area contributed by atoms with Crippen molar-refractivity contribution in [1.29, 1.82) is 0 Å². The number of hydrogen-bond acceptors (Lipinski definition) is 4. The van der Waals surface area contributed by atoms with Gasteiger partial charge in [0.2, 0.25) is 5.78 Å². The first-order valence-corrected chi connectivity index (χ1v) is 8.61. The molecule has 4 heteroatoms. The Balaban J connectivity index is 2.03. The van der Waals surface area contributed by atoms with E-state index in [9.17, 15) is 4.79 Å². The minimum absolute atomic E-state index is 0.118. The van der Waals surface area contributed by atoms with E-state index in [0.717, 1.165) is 28.7 Å². The molecule has 0 saturated heterocycles. The predicted octanol–water partition coefficient (Wildman–Crippen LogP) is 3.62. The summed E-state index contributed by atoms with van der Waals surface area (Å²) in [4.78, 5) is 13.0. The SMILES string of the molecule is C=C1CC2c3ccccc3C3=C(C(OC)(OC)C3=O)C12OC(C)(C)C. The van der Waals surface area contributed by atoms with Gasteiger partial charge in [-0.3, -0.25) is 4.79 Å². The van der Waals surface area contributed by atoms with Crippen molar-refractivity contribution in [3.8, 4) is 0 Å². The largest absolute Gasteiger partial charge is 0.360 e. The normalized spacial score (nSPS) is 29.4. The molecule has 1 aromatic rings. The summed E-state index contributed by atoms with van der Waals surface area (Å²) in [5.41, 5.74) is 3.38. The molecule has 0 bridgehead atoms. The number of Topliss-reactive ketones (excluding diaryl/α,β-unsaturated/α-hetero) is 1. The lowest BCUT2D eigenvalue weighted by Gasteiger charge is -2.63. The van der Waals surface area contributed by atoms with E-state index in [-0.39, 0.29) is 11.7 Å². The highest BCUT2D eigenvalue weighted by molar-refractivity contribution is 6.35. The summed E-state index contributed by atoms with van der Waals surface area (Å²) >= 11 is 0. The maximum absolute atomic E-state index is 13.0. The van der Waals surface area contributed by atoms with Gasteiger partial charge in [0.05, 0.1) is 5.60 Å². The Morgan fingerprint density at radius 2 is 1.80 bits per heavy atom. The smallest absolute Gasteiger partial charge is 0.260 e. The molecule has 0 heterocycles. The van der Waals surface area contributed by atoms with Gasteiger partial charge in [0.25, 0.3) is 5.79 Å². The van der Waals surface area contributed by atoms with Crippen molar-refractivity contribution in [2.45, 2.75) is 50.1 Å². The van der Waals surface area contributed by atoms with Gasteiger partial charge in [-0.15, -0.1) is 0 Å². The molecule has 0 radical (unpaired) electrons. The molecule has 132 valence electrons. The molecule has 0 aliphatic heterocycles. The van der Waals surface area contributed by atoms with Crippen molar-refractivity contribution < 1.29 is 19.0 Å². The van der Waals surface area contributed by atoms with Crippen LogP contribution in [0.3, 0.4) is 0 Å². The van der Waals surface area contributed by atoms with Gasteiger partial charge in [0.1, 0.15) is 5.60 Å².